The fourth-order valence-corrected chi connectivity index (χ4v) is 1.25. The summed E-state index contributed by atoms with van der Waals surface area (Å²) in [6, 6.07) is 0.398. The molecule has 2 aliphatic heterocycles. The van der Waals surface area contributed by atoms with Crippen molar-refractivity contribution in [2.75, 3.05) is 6.54 Å². The number of hydrogen-bond donors (Lipinski definition) is 1. The lowest BCUT2D eigenvalue weighted by molar-refractivity contribution is 0.141. The van der Waals surface area contributed by atoms with Crippen LogP contribution in [0.15, 0.2) is 17.3 Å². The second kappa shape index (κ2) is 2.33. The van der Waals surface area contributed by atoms with Crippen LogP contribution in [0.3, 0.4) is 0 Å². The summed E-state index contributed by atoms with van der Waals surface area (Å²) in [5.74, 6) is 0. The smallest absolute Gasteiger partial charge is 0.123 e. The van der Waals surface area contributed by atoms with Gasteiger partial charge in [0, 0.05) is 6.42 Å². The minimum absolute atomic E-state index is 0.308. The van der Waals surface area contributed by atoms with Crippen LogP contribution < -0.4 is 5.32 Å². The first-order chi connectivity index (χ1) is 4.97. The van der Waals surface area contributed by atoms with Crippen LogP contribution in [0.25, 0.3) is 0 Å². The van der Waals surface area contributed by atoms with Crippen molar-refractivity contribution < 1.29 is 4.74 Å². The number of hydrogen-bond acceptors (Lipinski definition) is 3. The fraction of sp³-hybridized carbons (Fsp3) is 0.571. The van der Waals surface area contributed by atoms with Crippen molar-refractivity contribution >= 4 is 6.34 Å². The van der Waals surface area contributed by atoms with Gasteiger partial charge >= 0.3 is 0 Å². The maximum atomic E-state index is 5.31. The molecule has 1 N–H and O–H groups in total. The molecule has 0 aromatic carbocycles. The maximum absolute atomic E-state index is 5.31. The van der Waals surface area contributed by atoms with Gasteiger partial charge < -0.3 is 10.1 Å². The summed E-state index contributed by atoms with van der Waals surface area (Å²) in [4.78, 5) is 4.07. The second-order valence-corrected chi connectivity index (χ2v) is 2.55. The highest BCUT2D eigenvalue weighted by molar-refractivity contribution is 5.57. The maximum Gasteiger partial charge on any atom is 0.123 e. The van der Waals surface area contributed by atoms with Gasteiger partial charge in [0.15, 0.2) is 0 Å². The third kappa shape index (κ3) is 0.875. The van der Waals surface area contributed by atoms with Gasteiger partial charge in [0.25, 0.3) is 0 Å². The van der Waals surface area contributed by atoms with Crippen molar-refractivity contribution in [3.05, 3.63) is 12.3 Å². The first kappa shape index (κ1) is 5.77. The fourth-order valence-electron chi connectivity index (χ4n) is 1.25. The van der Waals surface area contributed by atoms with Crippen LogP contribution in [0.5, 0.6) is 0 Å². The molecule has 3 heteroatoms. The highest BCUT2D eigenvalue weighted by Gasteiger charge is 2.24. The Labute approximate surface area is 59.8 Å². The van der Waals surface area contributed by atoms with Crippen molar-refractivity contribution in [2.24, 2.45) is 4.99 Å². The van der Waals surface area contributed by atoms with E-state index in [2.05, 4.69) is 10.3 Å². The van der Waals surface area contributed by atoms with Crippen molar-refractivity contribution in [2.45, 2.75) is 18.6 Å². The minimum Gasteiger partial charge on any atom is -0.496 e. The lowest BCUT2D eigenvalue weighted by atomic mass is 10.1. The molecular weight excluding hydrogens is 128 g/mol. The predicted molar refractivity (Wildman–Crippen MR) is 38.9 cm³/mol. The van der Waals surface area contributed by atoms with Crippen LogP contribution in [0.2, 0.25) is 0 Å². The summed E-state index contributed by atoms with van der Waals surface area (Å²) in [5.41, 5.74) is 0. The minimum atomic E-state index is 0.308. The molecule has 0 saturated heterocycles. The van der Waals surface area contributed by atoms with Gasteiger partial charge in [-0.05, 0) is 6.08 Å². The molecule has 0 aromatic heterocycles. The topological polar surface area (TPSA) is 33.6 Å². The molecule has 0 aromatic rings. The Morgan fingerprint density at radius 3 is 3.20 bits per heavy atom. The van der Waals surface area contributed by atoms with Gasteiger partial charge in [0.1, 0.15) is 6.10 Å². The number of ether oxygens (including phenoxy) is 1. The molecule has 2 unspecified atom stereocenters. The SMILES string of the molecule is C1=COC(C2CN=CN2)C1. The van der Waals surface area contributed by atoms with E-state index in [-0.39, 0.29) is 0 Å². The zero-order chi connectivity index (χ0) is 6.81. The van der Waals surface area contributed by atoms with E-state index in [1.807, 2.05) is 6.08 Å². The molecule has 0 amide bonds. The van der Waals surface area contributed by atoms with Crippen LogP contribution in [-0.4, -0.2) is 25.0 Å². The zero-order valence-corrected chi connectivity index (χ0v) is 5.66. The highest BCUT2D eigenvalue weighted by atomic mass is 16.5. The molecule has 54 valence electrons. The lowest BCUT2D eigenvalue weighted by Gasteiger charge is -2.16. The van der Waals surface area contributed by atoms with Gasteiger partial charge in [-0.15, -0.1) is 0 Å². The molecule has 0 radical (unpaired) electrons. The summed E-state index contributed by atoms with van der Waals surface area (Å²) in [7, 11) is 0. The first-order valence-corrected chi connectivity index (χ1v) is 3.51. The molecule has 10 heavy (non-hydrogen) atoms. The Morgan fingerprint density at radius 1 is 1.60 bits per heavy atom. The molecular formula is C7H10N2O. The molecule has 2 rings (SSSR count). The molecule has 2 aliphatic rings. The van der Waals surface area contributed by atoms with Crippen LogP contribution in [0.4, 0.5) is 0 Å². The summed E-state index contributed by atoms with van der Waals surface area (Å²) in [5, 5.41) is 3.14. The quantitative estimate of drug-likeness (QED) is 0.565. The molecule has 2 heterocycles. The summed E-state index contributed by atoms with van der Waals surface area (Å²) in [6.07, 6.45) is 6.89. The van der Waals surface area contributed by atoms with E-state index in [1.165, 1.54) is 0 Å². The number of rotatable bonds is 1. The van der Waals surface area contributed by atoms with E-state index < -0.39 is 0 Å². The molecule has 0 spiro atoms. The van der Waals surface area contributed by atoms with Gasteiger partial charge in [-0.2, -0.15) is 0 Å². The lowest BCUT2D eigenvalue weighted by Crippen LogP contribution is -2.36. The van der Waals surface area contributed by atoms with E-state index in [0.717, 1.165) is 13.0 Å². The third-order valence-electron chi connectivity index (χ3n) is 1.85. The van der Waals surface area contributed by atoms with Gasteiger partial charge in [-0.1, -0.05) is 0 Å². The average molecular weight is 138 g/mol. The largest absolute Gasteiger partial charge is 0.496 e. The van der Waals surface area contributed by atoms with Crippen molar-refractivity contribution in [1.29, 1.82) is 0 Å². The Hall–Kier alpha value is -0.990. The number of nitrogens with one attached hydrogen (secondary N) is 1. The Morgan fingerprint density at radius 2 is 2.60 bits per heavy atom. The van der Waals surface area contributed by atoms with Crippen LogP contribution in [-0.2, 0) is 4.74 Å². The summed E-state index contributed by atoms with van der Waals surface area (Å²) >= 11 is 0. The predicted octanol–water partition coefficient (Wildman–Crippen LogP) is 0.289. The van der Waals surface area contributed by atoms with Crippen molar-refractivity contribution in [1.82, 2.24) is 5.32 Å². The second-order valence-electron chi connectivity index (χ2n) is 2.55. The zero-order valence-electron chi connectivity index (χ0n) is 5.66. The normalized spacial score (nSPS) is 36.0. The van der Waals surface area contributed by atoms with Crippen molar-refractivity contribution in [3.63, 3.8) is 0 Å². The van der Waals surface area contributed by atoms with E-state index in [1.54, 1.807) is 12.6 Å². The Kier molecular flexibility index (Phi) is 1.34. The molecule has 3 nitrogen and oxygen atoms in total. The van der Waals surface area contributed by atoms with Crippen LogP contribution >= 0.6 is 0 Å². The van der Waals surface area contributed by atoms with Crippen molar-refractivity contribution in [3.8, 4) is 0 Å². The highest BCUT2D eigenvalue weighted by Crippen LogP contribution is 2.14. The summed E-state index contributed by atoms with van der Waals surface area (Å²) in [6.45, 7) is 0.854. The Balaban J connectivity index is 1.89. The molecule has 0 saturated carbocycles. The Bertz CT molecular complexity index is 140. The molecule has 0 bridgehead atoms. The molecule has 0 fully saturated rings. The summed E-state index contributed by atoms with van der Waals surface area (Å²) < 4.78 is 5.31. The monoisotopic (exact) mass is 138 g/mol. The first-order valence-electron chi connectivity index (χ1n) is 3.51. The van der Waals surface area contributed by atoms with Crippen LogP contribution in [0.1, 0.15) is 6.42 Å². The van der Waals surface area contributed by atoms with E-state index in [4.69, 9.17) is 4.74 Å². The van der Waals surface area contributed by atoms with Gasteiger partial charge in [-0.25, -0.2) is 0 Å². The third-order valence-corrected chi connectivity index (χ3v) is 1.85. The average Bonchev–Trinajstić information content (AvgIpc) is 2.59. The van der Waals surface area contributed by atoms with E-state index >= 15 is 0 Å². The van der Waals surface area contributed by atoms with E-state index in [0.29, 0.717) is 12.1 Å². The van der Waals surface area contributed by atoms with Gasteiger partial charge in [0.2, 0.25) is 0 Å². The number of aliphatic imine (C=N–C) groups is 1. The standard InChI is InChI=1S/C7H10N2O/c1-2-7(10-3-1)6-4-8-5-9-6/h1,3,5-7H,2,4H2,(H,8,9). The molecule has 2 atom stereocenters. The molecule has 0 aliphatic carbocycles. The van der Waals surface area contributed by atoms with Gasteiger partial charge in [0.05, 0.1) is 25.2 Å². The van der Waals surface area contributed by atoms with E-state index in [9.17, 15) is 0 Å². The van der Waals surface area contributed by atoms with Gasteiger partial charge in [-0.3, -0.25) is 4.99 Å². The van der Waals surface area contributed by atoms with Crippen LogP contribution in [0, 0.1) is 0 Å². The number of nitrogens with zero attached hydrogens (tertiary/aromatic N) is 1.